The Morgan fingerprint density at radius 2 is 2.17 bits per heavy atom. The first-order valence-corrected chi connectivity index (χ1v) is 8.16. The lowest BCUT2D eigenvalue weighted by Gasteiger charge is -2.20. The molecule has 3 amide bonds. The molecule has 1 saturated heterocycles. The minimum absolute atomic E-state index is 0. The van der Waals surface area contributed by atoms with E-state index in [0.29, 0.717) is 41.8 Å². The van der Waals surface area contributed by atoms with Crippen molar-refractivity contribution in [1.82, 2.24) is 10.6 Å². The zero-order valence-corrected chi connectivity index (χ0v) is 15.4. The van der Waals surface area contributed by atoms with Crippen molar-refractivity contribution >= 4 is 41.6 Å². The third-order valence-electron chi connectivity index (χ3n) is 3.74. The van der Waals surface area contributed by atoms with Crippen molar-refractivity contribution in [2.75, 3.05) is 24.5 Å². The molecule has 1 aliphatic heterocycles. The lowest BCUT2D eigenvalue weighted by atomic mass is 10.0. The number of hydrogen-bond acceptors (Lipinski definition) is 3. The molecule has 8 heteroatoms. The summed E-state index contributed by atoms with van der Waals surface area (Å²) in [4.78, 5) is 25.8. The van der Waals surface area contributed by atoms with Crippen LogP contribution in [0.3, 0.4) is 0 Å². The number of carbonyl (C=O) groups is 2. The smallest absolute Gasteiger partial charge is 0.321 e. The Hall–Kier alpha value is -1.50. The molecule has 1 aromatic carbocycles. The second kappa shape index (κ2) is 9.11. The van der Waals surface area contributed by atoms with Crippen molar-refractivity contribution in [3.8, 4) is 0 Å². The average Bonchev–Trinajstić information content (AvgIpc) is 2.92. The first kappa shape index (κ1) is 20.5. The van der Waals surface area contributed by atoms with Gasteiger partial charge in [-0.15, -0.1) is 12.4 Å². The van der Waals surface area contributed by atoms with E-state index in [9.17, 15) is 9.59 Å². The molecule has 1 aliphatic rings. The quantitative estimate of drug-likeness (QED) is 0.714. The fourth-order valence-corrected chi connectivity index (χ4v) is 2.82. The molecule has 0 spiro atoms. The number of nitrogens with two attached hydrogens (primary N) is 1. The molecule has 2 rings (SSSR count). The molecule has 1 aromatic rings. The maximum absolute atomic E-state index is 12.5. The van der Waals surface area contributed by atoms with Crippen molar-refractivity contribution in [3.63, 3.8) is 0 Å². The van der Waals surface area contributed by atoms with Crippen molar-refractivity contribution in [2.45, 2.75) is 26.3 Å². The molecular weight excluding hydrogens is 351 g/mol. The van der Waals surface area contributed by atoms with Gasteiger partial charge in [0.1, 0.15) is 0 Å². The van der Waals surface area contributed by atoms with E-state index in [2.05, 4.69) is 24.5 Å². The third-order valence-corrected chi connectivity index (χ3v) is 4.07. The monoisotopic (exact) mass is 374 g/mol. The van der Waals surface area contributed by atoms with Crippen LogP contribution in [0.5, 0.6) is 0 Å². The predicted molar refractivity (Wildman–Crippen MR) is 99.2 cm³/mol. The summed E-state index contributed by atoms with van der Waals surface area (Å²) in [7, 11) is 0. The Kier molecular flexibility index (Phi) is 7.79. The van der Waals surface area contributed by atoms with Crippen LogP contribution in [0.2, 0.25) is 5.02 Å². The number of amides is 3. The molecule has 0 bridgehead atoms. The Bertz CT molecular complexity index is 595. The van der Waals surface area contributed by atoms with Crippen LogP contribution in [-0.4, -0.2) is 37.6 Å². The highest BCUT2D eigenvalue weighted by atomic mass is 35.5. The summed E-state index contributed by atoms with van der Waals surface area (Å²) in [6, 6.07) is 4.75. The maximum atomic E-state index is 12.5. The molecule has 1 heterocycles. The normalized spacial score (nSPS) is 15.0. The molecule has 1 atom stereocenters. The van der Waals surface area contributed by atoms with E-state index in [1.54, 1.807) is 23.1 Å². The highest BCUT2D eigenvalue weighted by Gasteiger charge is 2.23. The first-order valence-electron chi connectivity index (χ1n) is 7.78. The van der Waals surface area contributed by atoms with E-state index in [1.807, 2.05) is 0 Å². The van der Waals surface area contributed by atoms with Gasteiger partial charge < -0.3 is 16.4 Å². The molecular formula is C16H24Cl2N4O2. The van der Waals surface area contributed by atoms with Gasteiger partial charge in [-0.1, -0.05) is 25.4 Å². The van der Waals surface area contributed by atoms with E-state index in [-0.39, 0.29) is 30.4 Å². The van der Waals surface area contributed by atoms with Gasteiger partial charge in [0, 0.05) is 31.4 Å². The zero-order valence-electron chi connectivity index (χ0n) is 13.8. The van der Waals surface area contributed by atoms with Crippen LogP contribution in [0, 0.1) is 5.92 Å². The van der Waals surface area contributed by atoms with Crippen LogP contribution in [0.4, 0.5) is 10.5 Å². The van der Waals surface area contributed by atoms with Gasteiger partial charge in [-0.3, -0.25) is 9.69 Å². The van der Waals surface area contributed by atoms with Gasteiger partial charge >= 0.3 is 6.03 Å². The highest BCUT2D eigenvalue weighted by Crippen LogP contribution is 2.24. The number of hydrogen-bond donors (Lipinski definition) is 3. The van der Waals surface area contributed by atoms with Crippen molar-refractivity contribution < 1.29 is 9.59 Å². The fourth-order valence-electron chi connectivity index (χ4n) is 2.62. The molecule has 4 N–H and O–H groups in total. The summed E-state index contributed by atoms with van der Waals surface area (Å²) in [5.74, 6) is 0.159. The Balaban J connectivity index is 0.00000288. The van der Waals surface area contributed by atoms with Crippen LogP contribution in [0.25, 0.3) is 0 Å². The summed E-state index contributed by atoms with van der Waals surface area (Å²) in [5, 5.41) is 6.00. The molecule has 0 aliphatic carbocycles. The number of rotatable bonds is 6. The Labute approximate surface area is 153 Å². The average molecular weight is 375 g/mol. The molecule has 0 saturated carbocycles. The lowest BCUT2D eigenvalue weighted by molar-refractivity contribution is 0.0934. The first-order chi connectivity index (χ1) is 10.9. The Morgan fingerprint density at radius 3 is 2.71 bits per heavy atom. The van der Waals surface area contributed by atoms with Gasteiger partial charge in [0.05, 0.1) is 10.6 Å². The lowest BCUT2D eigenvalue weighted by Crippen LogP contribution is -2.41. The number of nitrogens with zero attached hydrogens (tertiary/aromatic N) is 1. The SMILES string of the molecule is CC(C)CC(CN)NC(=O)c1cc(N2CCNC2=O)ccc1Cl.Cl. The molecule has 0 radical (unpaired) electrons. The number of nitrogens with one attached hydrogen (secondary N) is 2. The predicted octanol–water partition coefficient (Wildman–Crippen LogP) is 2.39. The number of urea groups is 1. The van der Waals surface area contributed by atoms with E-state index in [0.717, 1.165) is 6.42 Å². The molecule has 24 heavy (non-hydrogen) atoms. The van der Waals surface area contributed by atoms with Crippen LogP contribution in [0.15, 0.2) is 18.2 Å². The second-order valence-electron chi connectivity index (χ2n) is 6.08. The number of anilines is 1. The zero-order chi connectivity index (χ0) is 17.0. The van der Waals surface area contributed by atoms with Crippen LogP contribution in [-0.2, 0) is 0 Å². The van der Waals surface area contributed by atoms with Crippen LogP contribution < -0.4 is 21.3 Å². The van der Waals surface area contributed by atoms with Crippen LogP contribution >= 0.6 is 24.0 Å². The van der Waals surface area contributed by atoms with Gasteiger partial charge in [-0.25, -0.2) is 4.79 Å². The van der Waals surface area contributed by atoms with Gasteiger partial charge in [-0.05, 0) is 30.5 Å². The minimum Gasteiger partial charge on any atom is -0.348 e. The number of halogens is 2. The highest BCUT2D eigenvalue weighted by molar-refractivity contribution is 6.34. The Morgan fingerprint density at radius 1 is 1.46 bits per heavy atom. The number of carbonyl (C=O) groups excluding carboxylic acids is 2. The van der Waals surface area contributed by atoms with Crippen molar-refractivity contribution in [1.29, 1.82) is 0 Å². The summed E-state index contributed by atoms with van der Waals surface area (Å²) >= 11 is 6.16. The van der Waals surface area contributed by atoms with E-state index in [1.165, 1.54) is 0 Å². The van der Waals surface area contributed by atoms with Gasteiger partial charge in [-0.2, -0.15) is 0 Å². The van der Waals surface area contributed by atoms with Crippen molar-refractivity contribution in [2.24, 2.45) is 11.7 Å². The van der Waals surface area contributed by atoms with Crippen molar-refractivity contribution in [3.05, 3.63) is 28.8 Å². The standard InChI is InChI=1S/C16H23ClN4O2.ClH/c1-10(2)7-11(9-18)20-15(22)13-8-12(3-4-14(13)17)21-6-5-19-16(21)23;/h3-4,8,10-11H,5-7,9,18H2,1-2H3,(H,19,23)(H,20,22);1H. The van der Waals surface area contributed by atoms with Gasteiger partial charge in [0.2, 0.25) is 0 Å². The largest absolute Gasteiger partial charge is 0.348 e. The van der Waals surface area contributed by atoms with E-state index in [4.69, 9.17) is 17.3 Å². The summed E-state index contributed by atoms with van der Waals surface area (Å²) in [6.45, 7) is 5.69. The summed E-state index contributed by atoms with van der Waals surface area (Å²) in [6.07, 6.45) is 0.800. The molecule has 134 valence electrons. The summed E-state index contributed by atoms with van der Waals surface area (Å²) < 4.78 is 0. The molecule has 1 unspecified atom stereocenters. The minimum atomic E-state index is -0.271. The second-order valence-corrected chi connectivity index (χ2v) is 6.49. The van der Waals surface area contributed by atoms with Gasteiger partial charge in [0.25, 0.3) is 5.91 Å². The third kappa shape index (κ3) is 5.00. The molecule has 6 nitrogen and oxygen atoms in total. The van der Waals surface area contributed by atoms with E-state index < -0.39 is 0 Å². The maximum Gasteiger partial charge on any atom is 0.321 e. The topological polar surface area (TPSA) is 87.5 Å². The number of benzene rings is 1. The van der Waals surface area contributed by atoms with E-state index >= 15 is 0 Å². The molecule has 1 fully saturated rings. The summed E-state index contributed by atoms with van der Waals surface area (Å²) in [5.41, 5.74) is 6.73. The van der Waals surface area contributed by atoms with Crippen LogP contribution in [0.1, 0.15) is 30.6 Å². The molecule has 0 aromatic heterocycles. The van der Waals surface area contributed by atoms with Gasteiger partial charge in [0.15, 0.2) is 0 Å². The fraction of sp³-hybridized carbons (Fsp3) is 0.500.